The van der Waals surface area contributed by atoms with E-state index < -0.39 is 0 Å². The number of rotatable bonds is 3. The number of nitrogens with zero attached hydrogens (tertiary/aromatic N) is 1. The highest BCUT2D eigenvalue weighted by Gasteiger charge is 2.09. The Bertz CT molecular complexity index is 587. The van der Waals surface area contributed by atoms with E-state index in [0.717, 1.165) is 12.0 Å². The number of benzene rings is 1. The van der Waals surface area contributed by atoms with Gasteiger partial charge in [-0.15, -0.1) is 0 Å². The zero-order valence-corrected chi connectivity index (χ0v) is 10.3. The molecule has 1 aromatic carbocycles. The van der Waals surface area contributed by atoms with Gasteiger partial charge in [-0.25, -0.2) is 4.79 Å². The molecule has 4 nitrogen and oxygen atoms in total. The number of anilines is 1. The van der Waals surface area contributed by atoms with Crippen molar-refractivity contribution in [3.63, 3.8) is 0 Å². The SMILES string of the molecule is CCc1cccc2nc(NC(C)C)oc(=O)c12. The summed E-state index contributed by atoms with van der Waals surface area (Å²) in [6.45, 7) is 5.94. The first-order chi connectivity index (χ1) is 8.11. The van der Waals surface area contributed by atoms with E-state index >= 15 is 0 Å². The fourth-order valence-corrected chi connectivity index (χ4v) is 1.79. The summed E-state index contributed by atoms with van der Waals surface area (Å²) in [4.78, 5) is 16.2. The van der Waals surface area contributed by atoms with Crippen molar-refractivity contribution in [1.29, 1.82) is 0 Å². The quantitative estimate of drug-likeness (QED) is 0.883. The summed E-state index contributed by atoms with van der Waals surface area (Å²) in [6.07, 6.45) is 0.792. The van der Waals surface area contributed by atoms with Crippen LogP contribution < -0.4 is 10.9 Å². The Kier molecular flexibility index (Phi) is 3.13. The first kappa shape index (κ1) is 11.6. The molecule has 2 rings (SSSR count). The smallest absolute Gasteiger partial charge is 0.348 e. The maximum atomic E-state index is 11.9. The highest BCUT2D eigenvalue weighted by atomic mass is 16.4. The minimum Gasteiger partial charge on any atom is -0.389 e. The molecular formula is C13H16N2O2. The van der Waals surface area contributed by atoms with E-state index in [1.165, 1.54) is 0 Å². The van der Waals surface area contributed by atoms with Gasteiger partial charge < -0.3 is 9.73 Å². The lowest BCUT2D eigenvalue weighted by molar-refractivity contribution is 0.511. The molecule has 0 radical (unpaired) electrons. The average Bonchev–Trinajstić information content (AvgIpc) is 2.27. The molecule has 4 heteroatoms. The van der Waals surface area contributed by atoms with Crippen LogP contribution in [0, 0.1) is 0 Å². The van der Waals surface area contributed by atoms with Crippen molar-refractivity contribution in [3.05, 3.63) is 34.2 Å². The van der Waals surface area contributed by atoms with Crippen molar-refractivity contribution in [2.24, 2.45) is 0 Å². The Morgan fingerprint density at radius 1 is 1.41 bits per heavy atom. The van der Waals surface area contributed by atoms with Crippen molar-refractivity contribution in [3.8, 4) is 0 Å². The van der Waals surface area contributed by atoms with Crippen molar-refractivity contribution < 1.29 is 4.42 Å². The molecule has 0 saturated heterocycles. The van der Waals surface area contributed by atoms with Gasteiger partial charge in [0.1, 0.15) is 0 Å². The van der Waals surface area contributed by atoms with E-state index in [-0.39, 0.29) is 17.7 Å². The zero-order valence-electron chi connectivity index (χ0n) is 10.3. The number of aromatic nitrogens is 1. The molecule has 0 atom stereocenters. The molecule has 0 fully saturated rings. The van der Waals surface area contributed by atoms with Crippen LogP contribution in [0.25, 0.3) is 10.9 Å². The predicted molar refractivity (Wildman–Crippen MR) is 68.4 cm³/mol. The van der Waals surface area contributed by atoms with Gasteiger partial charge in [-0.3, -0.25) is 0 Å². The minimum absolute atomic E-state index is 0.178. The maximum Gasteiger partial charge on any atom is 0.348 e. The summed E-state index contributed by atoms with van der Waals surface area (Å²) in [6, 6.07) is 6.13. The predicted octanol–water partition coefficient (Wildman–Crippen LogP) is 2.57. The number of fused-ring (bicyclic) bond motifs is 1. The second-order valence-electron chi connectivity index (χ2n) is 4.27. The van der Waals surface area contributed by atoms with Gasteiger partial charge >= 0.3 is 5.63 Å². The van der Waals surface area contributed by atoms with Crippen LogP contribution in [0.15, 0.2) is 27.4 Å². The van der Waals surface area contributed by atoms with E-state index in [9.17, 15) is 4.79 Å². The molecular weight excluding hydrogens is 216 g/mol. The molecule has 0 saturated carbocycles. The number of hydrogen-bond donors (Lipinski definition) is 1. The molecule has 0 bridgehead atoms. The lowest BCUT2D eigenvalue weighted by Crippen LogP contribution is -2.14. The van der Waals surface area contributed by atoms with E-state index in [2.05, 4.69) is 10.3 Å². The normalized spacial score (nSPS) is 11.1. The van der Waals surface area contributed by atoms with Crippen LogP contribution in [-0.4, -0.2) is 11.0 Å². The van der Waals surface area contributed by atoms with Crippen molar-refractivity contribution in [2.45, 2.75) is 33.2 Å². The monoisotopic (exact) mass is 232 g/mol. The van der Waals surface area contributed by atoms with Gasteiger partial charge in [0.05, 0.1) is 10.9 Å². The van der Waals surface area contributed by atoms with Gasteiger partial charge in [0, 0.05) is 6.04 Å². The molecule has 0 spiro atoms. The zero-order chi connectivity index (χ0) is 12.4. The standard InChI is InChI=1S/C13H16N2O2/c1-4-9-6-5-7-10-11(9)12(16)17-13(15-10)14-8(2)3/h5-8H,4H2,1-3H3,(H,14,15). The van der Waals surface area contributed by atoms with Gasteiger partial charge in [0.25, 0.3) is 6.01 Å². The third-order valence-corrected chi connectivity index (χ3v) is 2.54. The van der Waals surface area contributed by atoms with Gasteiger partial charge in [-0.05, 0) is 31.9 Å². The first-order valence-electron chi connectivity index (χ1n) is 5.81. The summed E-state index contributed by atoms with van der Waals surface area (Å²) in [5, 5.41) is 3.58. The minimum atomic E-state index is -0.324. The summed E-state index contributed by atoms with van der Waals surface area (Å²) >= 11 is 0. The van der Waals surface area contributed by atoms with E-state index in [1.807, 2.05) is 39.0 Å². The molecule has 0 aliphatic carbocycles. The average molecular weight is 232 g/mol. The molecule has 0 aliphatic rings. The summed E-state index contributed by atoms with van der Waals surface area (Å²) in [5.41, 5.74) is 1.33. The van der Waals surface area contributed by atoms with Crippen molar-refractivity contribution in [2.75, 3.05) is 5.32 Å². The molecule has 17 heavy (non-hydrogen) atoms. The Morgan fingerprint density at radius 2 is 2.18 bits per heavy atom. The highest BCUT2D eigenvalue weighted by molar-refractivity contribution is 5.81. The van der Waals surface area contributed by atoms with E-state index in [4.69, 9.17) is 4.42 Å². The Balaban J connectivity index is 2.63. The number of hydrogen-bond acceptors (Lipinski definition) is 4. The molecule has 0 aliphatic heterocycles. The summed E-state index contributed by atoms with van der Waals surface area (Å²) in [7, 11) is 0. The van der Waals surface area contributed by atoms with Crippen LogP contribution in [0.5, 0.6) is 0 Å². The Labute approximate surface area is 99.7 Å². The maximum absolute atomic E-state index is 11.9. The van der Waals surface area contributed by atoms with Gasteiger partial charge in [-0.1, -0.05) is 19.1 Å². The second kappa shape index (κ2) is 4.57. The topological polar surface area (TPSA) is 55.1 Å². The van der Waals surface area contributed by atoms with Gasteiger partial charge in [0.2, 0.25) is 0 Å². The molecule has 0 amide bonds. The summed E-state index contributed by atoms with van der Waals surface area (Å²) < 4.78 is 5.17. The molecule has 2 aromatic rings. The lowest BCUT2D eigenvalue weighted by atomic mass is 10.1. The third kappa shape index (κ3) is 2.30. The van der Waals surface area contributed by atoms with Crippen LogP contribution in [0.4, 0.5) is 6.01 Å². The van der Waals surface area contributed by atoms with Crippen LogP contribution in [0.3, 0.4) is 0 Å². The summed E-state index contributed by atoms with van der Waals surface area (Å²) in [5.74, 6) is 0. The van der Waals surface area contributed by atoms with Crippen molar-refractivity contribution in [1.82, 2.24) is 4.98 Å². The van der Waals surface area contributed by atoms with Gasteiger partial charge in [-0.2, -0.15) is 4.98 Å². The lowest BCUT2D eigenvalue weighted by Gasteiger charge is -2.08. The van der Waals surface area contributed by atoms with Gasteiger partial charge in [0.15, 0.2) is 0 Å². The first-order valence-corrected chi connectivity index (χ1v) is 5.81. The number of aryl methyl sites for hydroxylation is 1. The number of nitrogens with one attached hydrogen (secondary N) is 1. The molecule has 1 heterocycles. The fraction of sp³-hybridized carbons (Fsp3) is 0.385. The Morgan fingerprint density at radius 3 is 2.82 bits per heavy atom. The fourth-order valence-electron chi connectivity index (χ4n) is 1.79. The van der Waals surface area contributed by atoms with Crippen LogP contribution >= 0.6 is 0 Å². The third-order valence-electron chi connectivity index (χ3n) is 2.54. The molecule has 1 N–H and O–H groups in total. The molecule has 90 valence electrons. The largest absolute Gasteiger partial charge is 0.389 e. The van der Waals surface area contributed by atoms with E-state index in [0.29, 0.717) is 10.9 Å². The molecule has 0 unspecified atom stereocenters. The van der Waals surface area contributed by atoms with Crippen LogP contribution in [0.2, 0.25) is 0 Å². The Hall–Kier alpha value is -1.84. The van der Waals surface area contributed by atoms with Crippen LogP contribution in [0.1, 0.15) is 26.3 Å². The highest BCUT2D eigenvalue weighted by Crippen LogP contribution is 2.16. The molecule has 1 aromatic heterocycles. The second-order valence-corrected chi connectivity index (χ2v) is 4.27. The van der Waals surface area contributed by atoms with Crippen molar-refractivity contribution >= 4 is 16.9 Å². The van der Waals surface area contributed by atoms with E-state index in [1.54, 1.807) is 0 Å². The van der Waals surface area contributed by atoms with Crippen LogP contribution in [-0.2, 0) is 6.42 Å².